The summed E-state index contributed by atoms with van der Waals surface area (Å²) in [7, 11) is -3.53. The van der Waals surface area contributed by atoms with E-state index >= 15 is 0 Å². The van der Waals surface area contributed by atoms with Crippen molar-refractivity contribution in [2.75, 3.05) is 17.1 Å². The van der Waals surface area contributed by atoms with Gasteiger partial charge >= 0.3 is 0 Å². The molecule has 2 aromatic rings. The van der Waals surface area contributed by atoms with Gasteiger partial charge in [-0.15, -0.1) is 0 Å². The van der Waals surface area contributed by atoms with E-state index < -0.39 is 16.1 Å². The topological polar surface area (TPSA) is 75.7 Å². The van der Waals surface area contributed by atoms with Crippen LogP contribution >= 0.6 is 11.6 Å². The zero-order chi connectivity index (χ0) is 19.6. The molecule has 1 amide bonds. The van der Waals surface area contributed by atoms with Gasteiger partial charge in [0.15, 0.2) is 6.10 Å². The standard InChI is InChI=1S/C19H21ClN2O4S/c1-13(14-6-4-3-5-7-14)21-19(23)18-10-11-22(27(2,24)25)16-12-15(20)8-9-17(16)26-18/h3-9,12-13,18H,10-11H2,1-2H3,(H,21,23)/t13-,18-/m1/s1. The first-order valence-corrected chi connectivity index (χ1v) is 10.8. The average Bonchev–Trinajstić information content (AvgIpc) is 2.81. The predicted octanol–water partition coefficient (Wildman–Crippen LogP) is 3.13. The second-order valence-electron chi connectivity index (χ2n) is 6.48. The van der Waals surface area contributed by atoms with E-state index in [9.17, 15) is 13.2 Å². The average molecular weight is 409 g/mol. The third kappa shape index (κ3) is 4.54. The predicted molar refractivity (Wildman–Crippen MR) is 106 cm³/mol. The van der Waals surface area contributed by atoms with Gasteiger partial charge in [-0.25, -0.2) is 8.42 Å². The van der Waals surface area contributed by atoms with Crippen molar-refractivity contribution in [3.05, 3.63) is 59.1 Å². The number of rotatable bonds is 4. The van der Waals surface area contributed by atoms with Crippen LogP contribution in [-0.4, -0.2) is 33.2 Å². The van der Waals surface area contributed by atoms with E-state index in [0.717, 1.165) is 11.8 Å². The summed E-state index contributed by atoms with van der Waals surface area (Å²) in [5.74, 6) is 0.0254. The van der Waals surface area contributed by atoms with Crippen LogP contribution in [0.3, 0.4) is 0 Å². The lowest BCUT2D eigenvalue weighted by Crippen LogP contribution is -2.40. The lowest BCUT2D eigenvalue weighted by Gasteiger charge is -2.21. The summed E-state index contributed by atoms with van der Waals surface area (Å²) in [6.07, 6.45) is 0.547. The van der Waals surface area contributed by atoms with Gasteiger partial charge in [0, 0.05) is 18.0 Å². The Hall–Kier alpha value is -2.25. The molecule has 1 heterocycles. The highest BCUT2D eigenvalue weighted by Crippen LogP contribution is 2.36. The van der Waals surface area contributed by atoms with Gasteiger partial charge in [0.2, 0.25) is 10.0 Å². The van der Waals surface area contributed by atoms with Crippen LogP contribution < -0.4 is 14.4 Å². The zero-order valence-electron chi connectivity index (χ0n) is 15.1. The summed E-state index contributed by atoms with van der Waals surface area (Å²) < 4.78 is 31.4. The molecule has 27 heavy (non-hydrogen) atoms. The van der Waals surface area contributed by atoms with Crippen LogP contribution in [0.5, 0.6) is 5.75 Å². The molecule has 0 saturated heterocycles. The highest BCUT2D eigenvalue weighted by atomic mass is 35.5. The van der Waals surface area contributed by atoms with E-state index in [2.05, 4.69) is 5.32 Å². The highest BCUT2D eigenvalue weighted by molar-refractivity contribution is 7.92. The maximum Gasteiger partial charge on any atom is 0.261 e. The molecule has 8 heteroatoms. The SMILES string of the molecule is C[C@@H](NC(=O)[C@H]1CCN(S(C)(=O)=O)c2cc(Cl)ccc2O1)c1ccccc1. The number of nitrogens with zero attached hydrogens (tertiary/aromatic N) is 1. The molecule has 0 bridgehead atoms. The van der Waals surface area contributed by atoms with Gasteiger partial charge in [-0.1, -0.05) is 41.9 Å². The van der Waals surface area contributed by atoms with Crippen LogP contribution in [0.4, 0.5) is 5.69 Å². The molecule has 0 aromatic heterocycles. The molecule has 0 saturated carbocycles. The number of carbonyl (C=O) groups excluding carboxylic acids is 1. The molecule has 0 radical (unpaired) electrons. The number of hydrogen-bond donors (Lipinski definition) is 1. The number of amides is 1. The van der Waals surface area contributed by atoms with E-state index in [-0.39, 0.29) is 24.9 Å². The summed E-state index contributed by atoms with van der Waals surface area (Å²) in [5, 5.41) is 3.33. The number of anilines is 1. The fourth-order valence-corrected chi connectivity index (χ4v) is 4.12. The molecule has 1 aliphatic rings. The first-order valence-electron chi connectivity index (χ1n) is 8.55. The summed E-state index contributed by atoms with van der Waals surface area (Å²) in [5.41, 5.74) is 1.32. The molecule has 144 valence electrons. The minimum absolute atomic E-state index is 0.129. The largest absolute Gasteiger partial charge is 0.478 e. The molecule has 0 unspecified atom stereocenters. The molecule has 0 aliphatic carbocycles. The van der Waals surface area contributed by atoms with Crippen LogP contribution in [0.2, 0.25) is 5.02 Å². The molecule has 6 nitrogen and oxygen atoms in total. The highest BCUT2D eigenvalue weighted by Gasteiger charge is 2.31. The quantitative estimate of drug-likeness (QED) is 0.843. The summed E-state index contributed by atoms with van der Waals surface area (Å²) >= 11 is 6.02. The van der Waals surface area contributed by atoms with Crippen molar-refractivity contribution < 1.29 is 17.9 Å². The van der Waals surface area contributed by atoms with Crippen molar-refractivity contribution in [3.8, 4) is 5.75 Å². The van der Waals surface area contributed by atoms with E-state index in [1.807, 2.05) is 37.3 Å². The van der Waals surface area contributed by atoms with E-state index in [1.165, 1.54) is 10.4 Å². The molecule has 0 spiro atoms. The van der Waals surface area contributed by atoms with Crippen molar-refractivity contribution in [2.45, 2.75) is 25.5 Å². The lowest BCUT2D eigenvalue weighted by molar-refractivity contribution is -0.128. The molecular formula is C19H21ClN2O4S. The van der Waals surface area contributed by atoms with Gasteiger partial charge in [0.1, 0.15) is 5.75 Å². The van der Waals surface area contributed by atoms with Crippen LogP contribution in [0.15, 0.2) is 48.5 Å². The Morgan fingerprint density at radius 3 is 2.63 bits per heavy atom. The monoisotopic (exact) mass is 408 g/mol. The maximum atomic E-state index is 12.7. The Morgan fingerprint density at radius 1 is 1.26 bits per heavy atom. The van der Waals surface area contributed by atoms with Crippen molar-refractivity contribution in [2.24, 2.45) is 0 Å². The summed E-state index contributed by atoms with van der Waals surface area (Å²) in [6.45, 7) is 2.02. The van der Waals surface area contributed by atoms with Crippen LogP contribution in [0.1, 0.15) is 24.9 Å². The number of ether oxygens (including phenoxy) is 1. The van der Waals surface area contributed by atoms with Gasteiger partial charge in [-0.05, 0) is 30.7 Å². The van der Waals surface area contributed by atoms with Crippen LogP contribution in [0.25, 0.3) is 0 Å². The molecule has 0 fully saturated rings. The normalized spacial score (nSPS) is 18.0. The van der Waals surface area contributed by atoms with Gasteiger partial charge in [0.05, 0.1) is 18.0 Å². The Morgan fingerprint density at radius 2 is 1.96 bits per heavy atom. The number of benzene rings is 2. The Bertz CT molecular complexity index is 934. The summed E-state index contributed by atoms with van der Waals surface area (Å²) in [6, 6.07) is 14.1. The second-order valence-corrected chi connectivity index (χ2v) is 8.83. The van der Waals surface area contributed by atoms with Gasteiger partial charge in [-0.3, -0.25) is 9.10 Å². The molecule has 1 aliphatic heterocycles. The Kier molecular flexibility index (Phi) is 5.62. The second kappa shape index (κ2) is 7.78. The van der Waals surface area contributed by atoms with Crippen molar-refractivity contribution in [1.82, 2.24) is 5.32 Å². The lowest BCUT2D eigenvalue weighted by atomic mass is 10.1. The fraction of sp³-hybridized carbons (Fsp3) is 0.316. The third-order valence-electron chi connectivity index (χ3n) is 4.40. The van der Waals surface area contributed by atoms with Gasteiger partial charge in [0.25, 0.3) is 5.91 Å². The van der Waals surface area contributed by atoms with Crippen molar-refractivity contribution in [1.29, 1.82) is 0 Å². The van der Waals surface area contributed by atoms with Gasteiger partial charge in [-0.2, -0.15) is 0 Å². The van der Waals surface area contributed by atoms with Gasteiger partial charge < -0.3 is 10.1 Å². The van der Waals surface area contributed by atoms with Crippen molar-refractivity contribution in [3.63, 3.8) is 0 Å². The Balaban J connectivity index is 1.82. The fourth-order valence-electron chi connectivity index (χ4n) is 3.01. The molecule has 1 N–H and O–H groups in total. The maximum absolute atomic E-state index is 12.7. The van der Waals surface area contributed by atoms with E-state index in [0.29, 0.717) is 16.5 Å². The van der Waals surface area contributed by atoms with Crippen LogP contribution in [0, 0.1) is 0 Å². The Labute approximate surface area is 164 Å². The number of halogens is 1. The minimum atomic E-state index is -3.53. The first-order chi connectivity index (χ1) is 12.8. The van der Waals surface area contributed by atoms with E-state index in [4.69, 9.17) is 16.3 Å². The number of sulfonamides is 1. The third-order valence-corrected chi connectivity index (χ3v) is 5.82. The molecule has 3 rings (SSSR count). The van der Waals surface area contributed by atoms with E-state index in [1.54, 1.807) is 12.1 Å². The number of fused-ring (bicyclic) bond motifs is 1. The number of nitrogens with one attached hydrogen (secondary N) is 1. The summed E-state index contributed by atoms with van der Waals surface area (Å²) in [4.78, 5) is 12.7. The molecular weight excluding hydrogens is 388 g/mol. The molecule has 2 aromatic carbocycles. The van der Waals surface area contributed by atoms with Crippen molar-refractivity contribution >= 4 is 33.2 Å². The zero-order valence-corrected chi connectivity index (χ0v) is 16.6. The minimum Gasteiger partial charge on any atom is -0.478 e. The number of carbonyl (C=O) groups is 1. The number of hydrogen-bond acceptors (Lipinski definition) is 4. The van der Waals surface area contributed by atoms with Crippen LogP contribution in [-0.2, 0) is 14.8 Å². The molecule has 2 atom stereocenters. The first kappa shape index (κ1) is 19.5. The smallest absolute Gasteiger partial charge is 0.261 e.